The molecule has 1 spiro atoms. The van der Waals surface area contributed by atoms with E-state index in [4.69, 9.17) is 28.4 Å². The summed E-state index contributed by atoms with van der Waals surface area (Å²) in [5.41, 5.74) is 0.0740. The molecule has 0 aromatic heterocycles. The number of fused-ring (bicyclic) bond motifs is 2. The lowest BCUT2D eigenvalue weighted by Crippen LogP contribution is -2.50. The minimum atomic E-state index is -0.326. The van der Waals surface area contributed by atoms with Gasteiger partial charge in [-0.05, 0) is 33.1 Å². The summed E-state index contributed by atoms with van der Waals surface area (Å²) in [5, 5.41) is 0. The summed E-state index contributed by atoms with van der Waals surface area (Å²) < 4.78 is 34.2. The van der Waals surface area contributed by atoms with Gasteiger partial charge >= 0.3 is 0 Å². The van der Waals surface area contributed by atoms with Crippen molar-refractivity contribution in [1.29, 1.82) is 0 Å². The molecular weight excluding hydrogens is 288 g/mol. The van der Waals surface area contributed by atoms with Crippen molar-refractivity contribution in [3.05, 3.63) is 0 Å². The van der Waals surface area contributed by atoms with Crippen molar-refractivity contribution in [2.45, 2.75) is 70.1 Å². The molecule has 0 radical (unpaired) electrons. The molecule has 0 aromatic carbocycles. The standard InChI is InChI=1S/C16H26O6/c1-10(21-11(2)17-6-12-7-18-12)15-19-8-16(9-20-15)5-3-4-13-14(16)22-13/h10-15H,3-9H2,1-2H3. The lowest BCUT2D eigenvalue weighted by atomic mass is 9.75. The van der Waals surface area contributed by atoms with Gasteiger partial charge in [-0.1, -0.05) is 0 Å². The van der Waals surface area contributed by atoms with Gasteiger partial charge in [0.2, 0.25) is 0 Å². The summed E-state index contributed by atoms with van der Waals surface area (Å²) in [6, 6.07) is 0. The summed E-state index contributed by atoms with van der Waals surface area (Å²) in [5.74, 6) is 0. The third-order valence-electron chi connectivity index (χ3n) is 5.13. The van der Waals surface area contributed by atoms with Crippen LogP contribution in [0.15, 0.2) is 0 Å². The molecule has 22 heavy (non-hydrogen) atoms. The Balaban J connectivity index is 1.22. The van der Waals surface area contributed by atoms with Crippen molar-refractivity contribution in [3.63, 3.8) is 0 Å². The van der Waals surface area contributed by atoms with Crippen LogP contribution in [0.25, 0.3) is 0 Å². The van der Waals surface area contributed by atoms with E-state index in [2.05, 4.69) is 0 Å². The van der Waals surface area contributed by atoms with Crippen molar-refractivity contribution in [1.82, 2.24) is 0 Å². The molecule has 4 rings (SSSR count). The maximum atomic E-state index is 5.96. The summed E-state index contributed by atoms with van der Waals surface area (Å²) in [6.07, 6.45) is 3.81. The zero-order chi connectivity index (χ0) is 15.2. The molecule has 1 aliphatic carbocycles. The molecule has 0 aromatic rings. The summed E-state index contributed by atoms with van der Waals surface area (Å²) >= 11 is 0. The average molecular weight is 314 g/mol. The van der Waals surface area contributed by atoms with Crippen LogP contribution in [0.4, 0.5) is 0 Å². The SMILES string of the molecule is CC(OCC1CO1)OC(C)C1OCC2(CCCC3OC32)CO1. The molecule has 5 atom stereocenters. The molecule has 5 unspecified atom stereocenters. The molecule has 6 nitrogen and oxygen atoms in total. The predicted molar refractivity (Wildman–Crippen MR) is 76.3 cm³/mol. The van der Waals surface area contributed by atoms with E-state index < -0.39 is 0 Å². The third-order valence-corrected chi connectivity index (χ3v) is 5.13. The number of ether oxygens (including phenoxy) is 6. The van der Waals surface area contributed by atoms with E-state index in [1.54, 1.807) is 0 Å². The lowest BCUT2D eigenvalue weighted by molar-refractivity contribution is -0.292. The quantitative estimate of drug-likeness (QED) is 0.546. The van der Waals surface area contributed by atoms with E-state index in [-0.39, 0.29) is 30.2 Å². The van der Waals surface area contributed by atoms with Gasteiger partial charge in [-0.3, -0.25) is 0 Å². The van der Waals surface area contributed by atoms with Gasteiger partial charge in [0.15, 0.2) is 12.6 Å². The largest absolute Gasteiger partial charge is 0.371 e. The van der Waals surface area contributed by atoms with Gasteiger partial charge < -0.3 is 28.4 Å². The Hall–Kier alpha value is -0.240. The number of rotatable bonds is 6. The van der Waals surface area contributed by atoms with Gasteiger partial charge in [-0.25, -0.2) is 0 Å². The highest BCUT2D eigenvalue weighted by atomic mass is 16.7. The summed E-state index contributed by atoms with van der Waals surface area (Å²) in [4.78, 5) is 0. The fraction of sp³-hybridized carbons (Fsp3) is 1.00. The first kappa shape index (κ1) is 15.3. The molecule has 6 heteroatoms. The molecule has 1 saturated carbocycles. The first-order valence-electron chi connectivity index (χ1n) is 8.44. The van der Waals surface area contributed by atoms with Gasteiger partial charge in [0.1, 0.15) is 12.2 Å². The predicted octanol–water partition coefficient (Wildman–Crippen LogP) is 1.46. The minimum absolute atomic E-state index is 0.0740. The monoisotopic (exact) mass is 314 g/mol. The van der Waals surface area contributed by atoms with Gasteiger partial charge in [-0.15, -0.1) is 0 Å². The van der Waals surface area contributed by atoms with E-state index in [0.29, 0.717) is 32.0 Å². The van der Waals surface area contributed by atoms with Crippen LogP contribution in [-0.4, -0.2) is 63.4 Å². The molecule has 3 aliphatic heterocycles. The van der Waals surface area contributed by atoms with Crippen LogP contribution in [0.3, 0.4) is 0 Å². The maximum absolute atomic E-state index is 5.96. The molecule has 0 amide bonds. The van der Waals surface area contributed by atoms with Crippen molar-refractivity contribution in [2.24, 2.45) is 5.41 Å². The van der Waals surface area contributed by atoms with Crippen LogP contribution in [0.1, 0.15) is 33.1 Å². The summed E-state index contributed by atoms with van der Waals surface area (Å²) in [7, 11) is 0. The molecule has 4 aliphatic rings. The second-order valence-corrected chi connectivity index (χ2v) is 7.04. The third kappa shape index (κ3) is 3.18. The van der Waals surface area contributed by atoms with Crippen molar-refractivity contribution >= 4 is 0 Å². The molecule has 3 saturated heterocycles. The van der Waals surface area contributed by atoms with Crippen LogP contribution >= 0.6 is 0 Å². The van der Waals surface area contributed by atoms with Crippen LogP contribution in [0.5, 0.6) is 0 Å². The fourth-order valence-electron chi connectivity index (χ4n) is 3.68. The maximum Gasteiger partial charge on any atom is 0.183 e. The van der Waals surface area contributed by atoms with E-state index >= 15 is 0 Å². The second-order valence-electron chi connectivity index (χ2n) is 7.04. The van der Waals surface area contributed by atoms with Crippen molar-refractivity contribution < 1.29 is 28.4 Å². The minimum Gasteiger partial charge on any atom is -0.371 e. The van der Waals surface area contributed by atoms with E-state index in [9.17, 15) is 0 Å². The Labute approximate surface area is 131 Å². The first-order valence-corrected chi connectivity index (χ1v) is 8.44. The van der Waals surface area contributed by atoms with E-state index in [1.807, 2.05) is 13.8 Å². The first-order chi connectivity index (χ1) is 10.7. The smallest absolute Gasteiger partial charge is 0.183 e. The highest BCUT2D eigenvalue weighted by Gasteiger charge is 2.58. The molecule has 0 bridgehead atoms. The van der Waals surface area contributed by atoms with E-state index in [1.165, 1.54) is 12.8 Å². The highest BCUT2D eigenvalue weighted by Crippen LogP contribution is 2.50. The fourth-order valence-corrected chi connectivity index (χ4v) is 3.68. The lowest BCUT2D eigenvalue weighted by Gasteiger charge is -2.42. The normalized spacial score (nSPS) is 46.1. The molecule has 4 fully saturated rings. The van der Waals surface area contributed by atoms with Crippen molar-refractivity contribution in [2.75, 3.05) is 26.4 Å². The average Bonchev–Trinajstić information content (AvgIpc) is 3.39. The Morgan fingerprint density at radius 1 is 1.18 bits per heavy atom. The highest BCUT2D eigenvalue weighted by molar-refractivity contribution is 5.05. The van der Waals surface area contributed by atoms with Gasteiger partial charge in [-0.2, -0.15) is 0 Å². The van der Waals surface area contributed by atoms with Crippen LogP contribution < -0.4 is 0 Å². The van der Waals surface area contributed by atoms with Crippen molar-refractivity contribution in [3.8, 4) is 0 Å². The molecule has 3 heterocycles. The van der Waals surface area contributed by atoms with E-state index in [0.717, 1.165) is 13.0 Å². The zero-order valence-electron chi connectivity index (χ0n) is 13.4. The Kier molecular flexibility index (Phi) is 4.17. The topological polar surface area (TPSA) is 62.0 Å². The summed E-state index contributed by atoms with van der Waals surface area (Å²) in [6.45, 7) is 6.66. The van der Waals surface area contributed by atoms with Crippen LogP contribution in [0, 0.1) is 5.41 Å². The zero-order valence-corrected chi connectivity index (χ0v) is 13.4. The molecular formula is C16H26O6. The van der Waals surface area contributed by atoms with Gasteiger partial charge in [0.25, 0.3) is 0 Å². The molecule has 126 valence electrons. The number of hydrogen-bond acceptors (Lipinski definition) is 6. The van der Waals surface area contributed by atoms with Gasteiger partial charge in [0.05, 0.1) is 38.6 Å². The Morgan fingerprint density at radius 2 is 1.95 bits per heavy atom. The Bertz CT molecular complexity index is 390. The van der Waals surface area contributed by atoms with Crippen LogP contribution in [0.2, 0.25) is 0 Å². The second kappa shape index (κ2) is 6.00. The van der Waals surface area contributed by atoms with Gasteiger partial charge in [0, 0.05) is 5.41 Å². The van der Waals surface area contributed by atoms with Crippen LogP contribution in [-0.2, 0) is 28.4 Å². The Morgan fingerprint density at radius 3 is 2.68 bits per heavy atom. The molecule has 0 N–H and O–H groups in total. The number of hydrogen-bond donors (Lipinski definition) is 0. The number of epoxide rings is 2.